The van der Waals surface area contributed by atoms with Gasteiger partial charge in [-0.25, -0.2) is 4.98 Å². The smallest absolute Gasteiger partial charge is 0.226 e. The molecule has 2 aromatic heterocycles. The van der Waals surface area contributed by atoms with Gasteiger partial charge in [-0.2, -0.15) is 9.97 Å². The number of rotatable bonds is 4. The Kier molecular flexibility index (Phi) is 3.43. The number of fused-ring (bicyclic) bond motifs is 1. The number of aromatic amines is 1. The predicted octanol–water partition coefficient (Wildman–Crippen LogP) is 0.222. The van der Waals surface area contributed by atoms with Crippen molar-refractivity contribution in [1.82, 2.24) is 19.9 Å². The highest BCUT2D eigenvalue weighted by atomic mass is 16.6. The van der Waals surface area contributed by atoms with E-state index in [1.54, 1.807) is 13.4 Å². The van der Waals surface area contributed by atoms with E-state index in [1.807, 2.05) is 0 Å². The Balaban J connectivity index is 1.77. The Labute approximate surface area is 109 Å². The molecule has 1 unspecified atom stereocenters. The van der Waals surface area contributed by atoms with Gasteiger partial charge in [-0.3, -0.25) is 0 Å². The van der Waals surface area contributed by atoms with E-state index in [4.69, 9.17) is 9.47 Å². The number of H-pyrrole nitrogens is 1. The fraction of sp³-hybridized carbons (Fsp3) is 0.545. The normalized spacial score (nSPS) is 19.5. The van der Waals surface area contributed by atoms with Crippen LogP contribution in [0.2, 0.25) is 0 Å². The quantitative estimate of drug-likeness (QED) is 0.726. The minimum absolute atomic E-state index is 0.0414. The topological polar surface area (TPSA) is 97.0 Å². The van der Waals surface area contributed by atoms with Crippen molar-refractivity contribution in [1.29, 1.82) is 0 Å². The summed E-state index contributed by atoms with van der Waals surface area (Å²) in [5, 5.41) is 6.17. The zero-order valence-corrected chi connectivity index (χ0v) is 10.6. The Hall–Kier alpha value is -1.93. The third-order valence-electron chi connectivity index (χ3n) is 2.89. The second-order valence-electron chi connectivity index (χ2n) is 4.20. The first-order valence-corrected chi connectivity index (χ1v) is 6.19. The molecule has 0 radical (unpaired) electrons. The fourth-order valence-corrected chi connectivity index (χ4v) is 1.94. The summed E-state index contributed by atoms with van der Waals surface area (Å²) in [6.45, 7) is 2.54. The molecular formula is C11H16N6O2. The third kappa shape index (κ3) is 2.59. The summed E-state index contributed by atoms with van der Waals surface area (Å²) in [6.07, 6.45) is 1.64. The highest BCUT2D eigenvalue weighted by Crippen LogP contribution is 2.18. The molecule has 1 aliphatic heterocycles. The van der Waals surface area contributed by atoms with Gasteiger partial charge in [0.1, 0.15) is 5.52 Å². The number of hydrogen-bond acceptors (Lipinski definition) is 7. The summed E-state index contributed by atoms with van der Waals surface area (Å²) in [5.41, 5.74) is 1.42. The monoisotopic (exact) mass is 264 g/mol. The highest BCUT2D eigenvalue weighted by molar-refractivity contribution is 5.83. The van der Waals surface area contributed by atoms with E-state index in [0.717, 1.165) is 5.52 Å². The second kappa shape index (κ2) is 5.37. The molecule has 0 aromatic carbocycles. The zero-order valence-electron chi connectivity index (χ0n) is 10.6. The van der Waals surface area contributed by atoms with Crippen LogP contribution in [0.5, 0.6) is 0 Å². The van der Waals surface area contributed by atoms with Gasteiger partial charge >= 0.3 is 0 Å². The van der Waals surface area contributed by atoms with E-state index in [1.165, 1.54) is 0 Å². The molecule has 1 fully saturated rings. The van der Waals surface area contributed by atoms with Crippen LogP contribution in [0.1, 0.15) is 0 Å². The van der Waals surface area contributed by atoms with Gasteiger partial charge in [0.2, 0.25) is 5.95 Å². The van der Waals surface area contributed by atoms with Gasteiger partial charge in [0.25, 0.3) is 0 Å². The van der Waals surface area contributed by atoms with Crippen LogP contribution in [0.4, 0.5) is 11.8 Å². The maximum Gasteiger partial charge on any atom is 0.226 e. The molecule has 3 rings (SSSR count). The maximum absolute atomic E-state index is 5.58. The number of hydrogen-bond donors (Lipinski definition) is 3. The zero-order chi connectivity index (χ0) is 13.1. The maximum atomic E-state index is 5.58. The standard InChI is InChI=1S/C11H16N6O2/c1-12-11-16-9(8-10(17-11)15-6-14-8)13-4-7-5-18-2-3-19-7/h6-7H,2-5H2,1H3,(H3,12,13,14,15,16,17). The average molecular weight is 264 g/mol. The Bertz CT molecular complexity index is 551. The van der Waals surface area contributed by atoms with Crippen molar-refractivity contribution >= 4 is 22.9 Å². The van der Waals surface area contributed by atoms with Gasteiger partial charge in [-0.05, 0) is 0 Å². The Morgan fingerprint density at radius 1 is 1.42 bits per heavy atom. The first kappa shape index (κ1) is 12.1. The first-order chi connectivity index (χ1) is 9.36. The molecule has 8 nitrogen and oxygen atoms in total. The van der Waals surface area contributed by atoms with Gasteiger partial charge in [0.05, 0.1) is 32.3 Å². The van der Waals surface area contributed by atoms with E-state index in [9.17, 15) is 0 Å². The van der Waals surface area contributed by atoms with Crippen molar-refractivity contribution in [2.24, 2.45) is 0 Å². The van der Waals surface area contributed by atoms with Gasteiger partial charge < -0.3 is 25.1 Å². The van der Waals surface area contributed by atoms with Crippen LogP contribution in [0.3, 0.4) is 0 Å². The second-order valence-corrected chi connectivity index (χ2v) is 4.20. The summed E-state index contributed by atoms with van der Waals surface area (Å²) in [7, 11) is 1.77. The van der Waals surface area contributed by atoms with E-state index in [-0.39, 0.29) is 6.10 Å². The van der Waals surface area contributed by atoms with Crippen molar-refractivity contribution in [3.8, 4) is 0 Å². The molecule has 2 aromatic rings. The van der Waals surface area contributed by atoms with Crippen LogP contribution in [0, 0.1) is 0 Å². The molecule has 8 heteroatoms. The molecule has 0 saturated carbocycles. The molecule has 3 heterocycles. The average Bonchev–Trinajstić information content (AvgIpc) is 2.94. The lowest BCUT2D eigenvalue weighted by Crippen LogP contribution is -2.34. The summed E-state index contributed by atoms with van der Waals surface area (Å²) in [4.78, 5) is 15.8. The van der Waals surface area contributed by atoms with Crippen LogP contribution in [-0.2, 0) is 9.47 Å². The molecule has 0 spiro atoms. The SMILES string of the molecule is CNc1nc(NCC2COCCO2)c2[nH]cnc2n1. The van der Waals surface area contributed by atoms with Gasteiger partial charge in [0.15, 0.2) is 11.5 Å². The molecule has 19 heavy (non-hydrogen) atoms. The van der Waals surface area contributed by atoms with E-state index < -0.39 is 0 Å². The number of ether oxygens (including phenoxy) is 2. The van der Waals surface area contributed by atoms with E-state index >= 15 is 0 Å². The molecule has 1 atom stereocenters. The van der Waals surface area contributed by atoms with Crippen molar-refractivity contribution in [2.45, 2.75) is 6.10 Å². The summed E-state index contributed by atoms with van der Waals surface area (Å²) in [5.74, 6) is 1.24. The predicted molar refractivity (Wildman–Crippen MR) is 70.3 cm³/mol. The van der Waals surface area contributed by atoms with Gasteiger partial charge in [-0.15, -0.1) is 0 Å². The van der Waals surface area contributed by atoms with Crippen molar-refractivity contribution < 1.29 is 9.47 Å². The van der Waals surface area contributed by atoms with E-state index in [2.05, 4.69) is 30.6 Å². The summed E-state index contributed by atoms with van der Waals surface area (Å²) in [6, 6.07) is 0. The summed E-state index contributed by atoms with van der Waals surface area (Å²) < 4.78 is 10.9. The van der Waals surface area contributed by atoms with Crippen molar-refractivity contribution in [2.75, 3.05) is 44.0 Å². The Morgan fingerprint density at radius 3 is 3.16 bits per heavy atom. The van der Waals surface area contributed by atoms with Gasteiger partial charge in [-0.1, -0.05) is 0 Å². The van der Waals surface area contributed by atoms with Crippen molar-refractivity contribution in [3.05, 3.63) is 6.33 Å². The van der Waals surface area contributed by atoms with Crippen LogP contribution in [-0.4, -0.2) is 59.5 Å². The molecule has 0 bridgehead atoms. The fourth-order valence-electron chi connectivity index (χ4n) is 1.94. The molecule has 102 valence electrons. The first-order valence-electron chi connectivity index (χ1n) is 6.19. The van der Waals surface area contributed by atoms with Crippen LogP contribution >= 0.6 is 0 Å². The number of nitrogens with zero attached hydrogens (tertiary/aromatic N) is 3. The number of aromatic nitrogens is 4. The van der Waals surface area contributed by atoms with E-state index in [0.29, 0.717) is 43.8 Å². The van der Waals surface area contributed by atoms with Crippen LogP contribution < -0.4 is 10.6 Å². The Morgan fingerprint density at radius 2 is 2.37 bits per heavy atom. The van der Waals surface area contributed by atoms with Crippen LogP contribution in [0.25, 0.3) is 11.2 Å². The lowest BCUT2D eigenvalue weighted by molar-refractivity contribution is -0.0819. The lowest BCUT2D eigenvalue weighted by Gasteiger charge is -2.23. The number of imidazole rings is 1. The molecule has 1 saturated heterocycles. The van der Waals surface area contributed by atoms with Crippen molar-refractivity contribution in [3.63, 3.8) is 0 Å². The highest BCUT2D eigenvalue weighted by Gasteiger charge is 2.16. The molecule has 0 amide bonds. The van der Waals surface area contributed by atoms with Gasteiger partial charge in [0, 0.05) is 13.6 Å². The molecular weight excluding hydrogens is 248 g/mol. The third-order valence-corrected chi connectivity index (χ3v) is 2.89. The van der Waals surface area contributed by atoms with Crippen LogP contribution in [0.15, 0.2) is 6.33 Å². The largest absolute Gasteiger partial charge is 0.376 e. The number of anilines is 2. The molecule has 3 N–H and O–H groups in total. The minimum Gasteiger partial charge on any atom is -0.376 e. The number of nitrogens with one attached hydrogen (secondary N) is 3. The minimum atomic E-state index is 0.0414. The summed E-state index contributed by atoms with van der Waals surface area (Å²) >= 11 is 0. The molecule has 1 aliphatic rings. The lowest BCUT2D eigenvalue weighted by atomic mass is 10.3. The molecule has 0 aliphatic carbocycles.